The number of hydrogen-bond acceptors (Lipinski definition) is 6. The van der Waals surface area contributed by atoms with Gasteiger partial charge >= 0.3 is 11.7 Å². The standard InChI is InChI=1S/C12H12N4O4/c1-15-10-9(11(18)16(2)12(15)19)13-6-7(14-10)4-5-8(17)20-3/h4-6H,1-3H3. The van der Waals surface area contributed by atoms with Crippen LogP contribution in [0.2, 0.25) is 0 Å². The fourth-order valence-corrected chi connectivity index (χ4v) is 1.64. The molecule has 0 aliphatic carbocycles. The summed E-state index contributed by atoms with van der Waals surface area (Å²) in [7, 11) is 4.12. The first-order valence-electron chi connectivity index (χ1n) is 5.64. The van der Waals surface area contributed by atoms with Gasteiger partial charge < -0.3 is 4.74 Å². The largest absolute Gasteiger partial charge is 0.466 e. The van der Waals surface area contributed by atoms with Crippen LogP contribution in [-0.4, -0.2) is 32.2 Å². The summed E-state index contributed by atoms with van der Waals surface area (Å²) in [6, 6.07) is 0. The molecule has 0 aliphatic rings. The molecule has 0 spiro atoms. The number of nitrogens with zero attached hydrogens (tertiary/aromatic N) is 4. The molecule has 0 amide bonds. The first-order chi connectivity index (χ1) is 9.45. The maximum absolute atomic E-state index is 11.9. The van der Waals surface area contributed by atoms with E-state index in [9.17, 15) is 14.4 Å². The third kappa shape index (κ3) is 2.22. The lowest BCUT2D eigenvalue weighted by Gasteiger charge is -2.05. The van der Waals surface area contributed by atoms with Gasteiger partial charge in [-0.1, -0.05) is 0 Å². The van der Waals surface area contributed by atoms with Crippen molar-refractivity contribution < 1.29 is 9.53 Å². The Labute approximate surface area is 113 Å². The third-order valence-electron chi connectivity index (χ3n) is 2.76. The van der Waals surface area contributed by atoms with Gasteiger partial charge in [0.05, 0.1) is 19.0 Å². The third-order valence-corrected chi connectivity index (χ3v) is 2.76. The van der Waals surface area contributed by atoms with E-state index in [0.29, 0.717) is 5.69 Å². The van der Waals surface area contributed by atoms with E-state index < -0.39 is 17.2 Å². The maximum Gasteiger partial charge on any atom is 0.332 e. The Kier molecular flexibility index (Phi) is 3.47. The minimum Gasteiger partial charge on any atom is -0.466 e. The van der Waals surface area contributed by atoms with E-state index in [1.54, 1.807) is 0 Å². The van der Waals surface area contributed by atoms with Crippen LogP contribution in [0.15, 0.2) is 21.9 Å². The number of ether oxygens (including phenoxy) is 1. The van der Waals surface area contributed by atoms with Crippen molar-refractivity contribution >= 4 is 23.2 Å². The molecule has 0 aliphatic heterocycles. The van der Waals surface area contributed by atoms with Gasteiger partial charge in [-0.05, 0) is 6.08 Å². The highest BCUT2D eigenvalue weighted by Gasteiger charge is 2.10. The quantitative estimate of drug-likeness (QED) is 0.527. The molecule has 2 rings (SSSR count). The number of fused-ring (bicyclic) bond motifs is 1. The van der Waals surface area contributed by atoms with Crippen molar-refractivity contribution in [2.45, 2.75) is 0 Å². The van der Waals surface area contributed by atoms with Crippen LogP contribution in [0.3, 0.4) is 0 Å². The predicted octanol–water partition coefficient (Wildman–Crippen LogP) is -0.787. The average Bonchev–Trinajstić information content (AvgIpc) is 2.48. The number of rotatable bonds is 2. The van der Waals surface area contributed by atoms with E-state index in [-0.39, 0.29) is 11.2 Å². The zero-order valence-corrected chi connectivity index (χ0v) is 11.2. The number of hydrogen-bond donors (Lipinski definition) is 0. The second-order valence-corrected chi connectivity index (χ2v) is 4.03. The molecule has 0 bridgehead atoms. The van der Waals surface area contributed by atoms with Crippen molar-refractivity contribution in [1.82, 2.24) is 19.1 Å². The number of aryl methyl sites for hydroxylation is 1. The summed E-state index contributed by atoms with van der Waals surface area (Å²) in [4.78, 5) is 42.8. The second kappa shape index (κ2) is 5.08. The van der Waals surface area contributed by atoms with E-state index in [2.05, 4.69) is 14.7 Å². The molecule has 2 aromatic rings. The summed E-state index contributed by atoms with van der Waals surface area (Å²) >= 11 is 0. The molecule has 8 nitrogen and oxygen atoms in total. The van der Waals surface area contributed by atoms with Crippen molar-refractivity contribution in [1.29, 1.82) is 0 Å². The van der Waals surface area contributed by atoms with Crippen LogP contribution >= 0.6 is 0 Å². The molecule has 2 aromatic heterocycles. The van der Waals surface area contributed by atoms with Gasteiger partial charge in [0.1, 0.15) is 0 Å². The van der Waals surface area contributed by atoms with E-state index in [0.717, 1.165) is 4.57 Å². The van der Waals surface area contributed by atoms with Crippen LogP contribution in [0, 0.1) is 0 Å². The van der Waals surface area contributed by atoms with Gasteiger partial charge in [-0.25, -0.2) is 19.6 Å². The Hall–Kier alpha value is -2.77. The Morgan fingerprint density at radius 1 is 1.30 bits per heavy atom. The van der Waals surface area contributed by atoms with Crippen molar-refractivity contribution in [3.63, 3.8) is 0 Å². The van der Waals surface area contributed by atoms with Gasteiger partial charge in [-0.2, -0.15) is 0 Å². The molecule has 0 radical (unpaired) electrons. The predicted molar refractivity (Wildman–Crippen MR) is 71.1 cm³/mol. The Bertz CT molecular complexity index is 832. The summed E-state index contributed by atoms with van der Waals surface area (Å²) in [5.41, 5.74) is -0.425. The molecule has 0 fully saturated rings. The van der Waals surface area contributed by atoms with Crippen LogP contribution < -0.4 is 11.2 Å². The summed E-state index contributed by atoms with van der Waals surface area (Å²) in [6.45, 7) is 0. The molecular weight excluding hydrogens is 264 g/mol. The average molecular weight is 276 g/mol. The smallest absolute Gasteiger partial charge is 0.332 e. The van der Waals surface area contributed by atoms with Crippen LogP contribution in [0.1, 0.15) is 5.69 Å². The molecule has 20 heavy (non-hydrogen) atoms. The molecular formula is C12H12N4O4. The zero-order chi connectivity index (χ0) is 14.9. The highest BCUT2D eigenvalue weighted by Crippen LogP contribution is 2.04. The highest BCUT2D eigenvalue weighted by molar-refractivity contribution is 5.86. The van der Waals surface area contributed by atoms with E-state index in [4.69, 9.17) is 0 Å². The second-order valence-electron chi connectivity index (χ2n) is 4.03. The SMILES string of the molecule is COC(=O)C=Cc1cnc2c(=O)n(C)c(=O)n(C)c2n1. The van der Waals surface area contributed by atoms with Gasteiger partial charge in [-0.15, -0.1) is 0 Å². The number of aromatic nitrogens is 4. The zero-order valence-electron chi connectivity index (χ0n) is 11.2. The number of carbonyl (C=O) groups excluding carboxylic acids is 1. The van der Waals surface area contributed by atoms with E-state index >= 15 is 0 Å². The van der Waals surface area contributed by atoms with E-state index in [1.165, 1.54) is 44.1 Å². The van der Waals surface area contributed by atoms with Gasteiger partial charge in [0.25, 0.3) is 5.56 Å². The van der Waals surface area contributed by atoms with Crippen molar-refractivity contribution in [3.05, 3.63) is 38.8 Å². The Morgan fingerprint density at radius 3 is 2.65 bits per heavy atom. The fourth-order valence-electron chi connectivity index (χ4n) is 1.64. The highest BCUT2D eigenvalue weighted by atomic mass is 16.5. The lowest BCUT2D eigenvalue weighted by molar-refractivity contribution is -0.134. The minimum absolute atomic E-state index is 0.0878. The molecule has 0 saturated carbocycles. The summed E-state index contributed by atoms with van der Waals surface area (Å²) in [6.07, 6.45) is 3.91. The number of methoxy groups -OCH3 is 1. The van der Waals surface area contributed by atoms with Crippen molar-refractivity contribution in [2.75, 3.05) is 7.11 Å². The molecule has 8 heteroatoms. The van der Waals surface area contributed by atoms with Crippen LogP contribution in [0.25, 0.3) is 17.2 Å². The van der Waals surface area contributed by atoms with Crippen molar-refractivity contribution in [3.8, 4) is 0 Å². The summed E-state index contributed by atoms with van der Waals surface area (Å²) in [5.74, 6) is -0.537. The molecule has 0 unspecified atom stereocenters. The molecule has 104 valence electrons. The van der Waals surface area contributed by atoms with Crippen molar-refractivity contribution in [2.24, 2.45) is 14.1 Å². The lowest BCUT2D eigenvalue weighted by atomic mass is 10.3. The first kappa shape index (κ1) is 13.7. The lowest BCUT2D eigenvalue weighted by Crippen LogP contribution is -2.37. The Morgan fingerprint density at radius 2 is 2.00 bits per heavy atom. The summed E-state index contributed by atoms with van der Waals surface area (Å²) < 4.78 is 6.64. The molecule has 0 N–H and O–H groups in total. The van der Waals surface area contributed by atoms with Gasteiger partial charge in [-0.3, -0.25) is 13.9 Å². The van der Waals surface area contributed by atoms with Crippen LogP contribution in [0.4, 0.5) is 0 Å². The first-order valence-corrected chi connectivity index (χ1v) is 5.64. The number of carbonyl (C=O) groups is 1. The maximum atomic E-state index is 11.9. The van der Waals surface area contributed by atoms with Gasteiger partial charge in [0, 0.05) is 20.2 Å². The number of esters is 1. The molecule has 0 saturated heterocycles. The molecule has 0 atom stereocenters. The topological polar surface area (TPSA) is 96.1 Å². The van der Waals surface area contributed by atoms with Crippen LogP contribution in [0.5, 0.6) is 0 Å². The van der Waals surface area contributed by atoms with Gasteiger partial charge in [0.2, 0.25) is 0 Å². The fraction of sp³-hybridized carbons (Fsp3) is 0.250. The van der Waals surface area contributed by atoms with Crippen LogP contribution in [-0.2, 0) is 23.6 Å². The Balaban J connectivity index is 2.66. The monoisotopic (exact) mass is 276 g/mol. The normalized spacial score (nSPS) is 11.2. The van der Waals surface area contributed by atoms with Gasteiger partial charge in [0.15, 0.2) is 11.2 Å². The molecule has 2 heterocycles. The minimum atomic E-state index is -0.537. The molecule has 0 aromatic carbocycles. The summed E-state index contributed by atoms with van der Waals surface area (Å²) in [5, 5.41) is 0. The van der Waals surface area contributed by atoms with E-state index in [1.807, 2.05) is 0 Å².